The minimum Gasteiger partial charge on any atom is -0.281 e. The number of halogens is 6. The van der Waals surface area contributed by atoms with Crippen molar-refractivity contribution in [2.24, 2.45) is 0 Å². The molecule has 0 unspecified atom stereocenters. The van der Waals surface area contributed by atoms with Crippen molar-refractivity contribution in [3.05, 3.63) is 16.4 Å². The Hall–Kier alpha value is -0.990. The topological polar surface area (TPSA) is 20.7 Å². The summed E-state index contributed by atoms with van der Waals surface area (Å²) in [5, 5.41) is 1.38. The molecule has 0 fully saturated rings. The van der Waals surface area contributed by atoms with Crippen molar-refractivity contribution < 1.29 is 26.3 Å². The van der Waals surface area contributed by atoms with E-state index in [2.05, 4.69) is 12.2 Å². The molecule has 1 aromatic rings. The Morgan fingerprint density at radius 1 is 1.14 bits per heavy atom. The third-order valence-electron chi connectivity index (χ3n) is 1.30. The average molecular weight is 236 g/mol. The zero-order chi connectivity index (χ0) is 11.1. The zero-order valence-corrected chi connectivity index (χ0v) is 7.02. The zero-order valence-electron chi connectivity index (χ0n) is 6.20. The van der Waals surface area contributed by atoms with Crippen LogP contribution in [0.25, 0.3) is 0 Å². The molecule has 80 valence electrons. The molecule has 0 aliphatic carbocycles. The van der Waals surface area contributed by atoms with Gasteiger partial charge in [0.2, 0.25) is 0 Å². The number of hydrogen-bond acceptors (Lipinski definition) is 1. The molecule has 0 aliphatic heterocycles. The van der Waals surface area contributed by atoms with Crippen molar-refractivity contribution in [2.75, 3.05) is 0 Å². The van der Waals surface area contributed by atoms with E-state index >= 15 is 0 Å². The van der Waals surface area contributed by atoms with E-state index in [0.717, 1.165) is 0 Å². The summed E-state index contributed by atoms with van der Waals surface area (Å²) < 4.78 is 70.0. The second-order valence-corrected chi connectivity index (χ2v) is 2.73. The highest BCUT2D eigenvalue weighted by Gasteiger charge is 2.38. The van der Waals surface area contributed by atoms with Crippen molar-refractivity contribution in [2.45, 2.75) is 12.5 Å². The van der Waals surface area contributed by atoms with Crippen molar-refractivity contribution in [3.63, 3.8) is 0 Å². The summed E-state index contributed by atoms with van der Waals surface area (Å²) in [7, 11) is 0. The molecular weight excluding hydrogens is 234 g/mol. The van der Waals surface area contributed by atoms with Gasteiger partial charge in [-0.05, 0) is 0 Å². The number of rotatable bonds is 0. The normalized spacial score (nSPS) is 13.3. The minimum absolute atomic E-state index is 0.123. The molecule has 0 aromatic carbocycles. The molecule has 0 saturated carbocycles. The Kier molecular flexibility index (Phi) is 2.38. The fourth-order valence-corrected chi connectivity index (χ4v) is 0.995. The molecule has 0 saturated heterocycles. The fourth-order valence-electron chi connectivity index (χ4n) is 0.728. The second-order valence-electron chi connectivity index (χ2n) is 2.32. The van der Waals surface area contributed by atoms with E-state index < -0.39 is 27.4 Å². The Morgan fingerprint density at radius 3 is 1.86 bits per heavy atom. The van der Waals surface area contributed by atoms with Crippen LogP contribution in [0.15, 0.2) is 6.20 Å². The maximum Gasteiger partial charge on any atom is 0.502 e. The van der Waals surface area contributed by atoms with Gasteiger partial charge in [-0.2, -0.15) is 13.2 Å². The molecule has 2 nitrogen and oxygen atoms in total. The predicted octanol–water partition coefficient (Wildman–Crippen LogP) is 3.04. The summed E-state index contributed by atoms with van der Waals surface area (Å²) in [5.41, 5.74) is -1.51. The largest absolute Gasteiger partial charge is 0.502 e. The van der Waals surface area contributed by atoms with Crippen molar-refractivity contribution in [1.29, 1.82) is 0 Å². The summed E-state index contributed by atoms with van der Waals surface area (Å²) in [5.74, 6) is 0. The van der Waals surface area contributed by atoms with Gasteiger partial charge in [-0.3, -0.25) is 5.10 Å². The Morgan fingerprint density at radius 2 is 1.64 bits per heavy atom. The lowest BCUT2D eigenvalue weighted by Crippen LogP contribution is -2.17. The van der Waals surface area contributed by atoms with Gasteiger partial charge in [0.15, 0.2) is 0 Å². The summed E-state index contributed by atoms with van der Waals surface area (Å²) in [6, 6.07) is 0. The Bertz CT molecular complexity index is 382. The SMILES string of the molecule is FC(F)(F)c1cn(C(F)(F)F)[nH]c1=S. The molecule has 0 atom stereocenters. The predicted molar refractivity (Wildman–Crippen MR) is 35.9 cm³/mol. The summed E-state index contributed by atoms with van der Waals surface area (Å²) >= 11 is 4.09. The fraction of sp³-hybridized carbons (Fsp3) is 0.400. The van der Waals surface area contributed by atoms with Crippen LogP contribution in [0, 0.1) is 4.64 Å². The smallest absolute Gasteiger partial charge is 0.281 e. The third kappa shape index (κ3) is 2.08. The van der Waals surface area contributed by atoms with E-state index in [9.17, 15) is 26.3 Å². The van der Waals surface area contributed by atoms with Gasteiger partial charge in [0.1, 0.15) is 10.2 Å². The molecule has 1 heterocycles. The maximum absolute atomic E-state index is 12.0. The van der Waals surface area contributed by atoms with Gasteiger partial charge in [0.25, 0.3) is 0 Å². The molecule has 1 aromatic heterocycles. The first-order valence-electron chi connectivity index (χ1n) is 3.08. The molecule has 9 heteroatoms. The highest BCUT2D eigenvalue weighted by atomic mass is 32.1. The lowest BCUT2D eigenvalue weighted by molar-refractivity contribution is -0.212. The molecule has 1 N–H and O–H groups in total. The van der Waals surface area contributed by atoms with Crippen LogP contribution < -0.4 is 0 Å². The van der Waals surface area contributed by atoms with Crippen LogP contribution in [-0.4, -0.2) is 9.78 Å². The average Bonchev–Trinajstić information content (AvgIpc) is 2.27. The van der Waals surface area contributed by atoms with E-state index in [0.29, 0.717) is 0 Å². The Labute approximate surface area is 78.1 Å². The van der Waals surface area contributed by atoms with E-state index in [-0.39, 0.29) is 6.20 Å². The summed E-state index contributed by atoms with van der Waals surface area (Å²) in [6.45, 7) is 0. The maximum atomic E-state index is 12.0. The number of nitrogens with one attached hydrogen (secondary N) is 1. The summed E-state index contributed by atoms with van der Waals surface area (Å²) in [4.78, 5) is 0. The molecule has 0 radical (unpaired) electrons. The summed E-state index contributed by atoms with van der Waals surface area (Å²) in [6.07, 6.45) is -9.94. The molecule has 1 rings (SSSR count). The van der Waals surface area contributed by atoms with E-state index in [1.165, 1.54) is 5.10 Å². The lowest BCUT2D eigenvalue weighted by Gasteiger charge is -2.05. The second kappa shape index (κ2) is 3.01. The van der Waals surface area contributed by atoms with Gasteiger partial charge < -0.3 is 0 Å². The highest BCUT2D eigenvalue weighted by Crippen LogP contribution is 2.32. The number of alkyl halides is 6. The van der Waals surface area contributed by atoms with Gasteiger partial charge in [0, 0.05) is 6.20 Å². The third-order valence-corrected chi connectivity index (χ3v) is 1.61. The van der Waals surface area contributed by atoms with Crippen LogP contribution in [0.2, 0.25) is 0 Å². The van der Waals surface area contributed by atoms with Crippen LogP contribution >= 0.6 is 12.2 Å². The first-order chi connectivity index (χ1) is 6.12. The number of hydrogen-bond donors (Lipinski definition) is 1. The molecule has 14 heavy (non-hydrogen) atoms. The number of nitrogens with zero attached hydrogens (tertiary/aromatic N) is 1. The lowest BCUT2D eigenvalue weighted by atomic mass is 10.4. The van der Waals surface area contributed by atoms with Crippen LogP contribution in [0.3, 0.4) is 0 Å². The molecule has 0 aliphatic rings. The number of aromatic amines is 1. The monoisotopic (exact) mass is 236 g/mol. The van der Waals surface area contributed by atoms with E-state index in [4.69, 9.17) is 0 Å². The van der Waals surface area contributed by atoms with Crippen LogP contribution in [0.1, 0.15) is 5.56 Å². The molecule has 0 amide bonds. The number of aromatic nitrogens is 2. The van der Waals surface area contributed by atoms with Gasteiger partial charge in [0.05, 0.1) is 0 Å². The van der Waals surface area contributed by atoms with Gasteiger partial charge in [-0.1, -0.05) is 12.2 Å². The van der Waals surface area contributed by atoms with Crippen molar-refractivity contribution in [1.82, 2.24) is 9.78 Å². The van der Waals surface area contributed by atoms with Crippen LogP contribution in [0.4, 0.5) is 26.3 Å². The minimum atomic E-state index is -4.93. The Balaban J connectivity index is 3.26. The van der Waals surface area contributed by atoms with Gasteiger partial charge >= 0.3 is 12.5 Å². The standard InChI is InChI=1S/C5H2F6N2S/c6-4(7,8)2-1-13(5(9,10)11)12-3(2)14/h1H,(H,12,14). The first kappa shape index (κ1) is 11.1. The molecule has 0 bridgehead atoms. The van der Waals surface area contributed by atoms with Gasteiger partial charge in [-0.25, -0.2) is 4.68 Å². The highest BCUT2D eigenvalue weighted by molar-refractivity contribution is 7.71. The molecular formula is C5H2F6N2S. The van der Waals surface area contributed by atoms with Gasteiger partial charge in [-0.15, -0.1) is 13.2 Å². The molecule has 0 spiro atoms. The quantitative estimate of drug-likeness (QED) is 0.542. The number of H-pyrrole nitrogens is 1. The van der Waals surface area contributed by atoms with Crippen molar-refractivity contribution in [3.8, 4) is 0 Å². The van der Waals surface area contributed by atoms with Crippen LogP contribution in [0.5, 0.6) is 0 Å². The first-order valence-corrected chi connectivity index (χ1v) is 3.49. The van der Waals surface area contributed by atoms with E-state index in [1.54, 1.807) is 0 Å². The van der Waals surface area contributed by atoms with Crippen molar-refractivity contribution >= 4 is 12.2 Å². The van der Waals surface area contributed by atoms with E-state index in [1.807, 2.05) is 0 Å². The van der Waals surface area contributed by atoms with Crippen LogP contribution in [-0.2, 0) is 12.5 Å².